The van der Waals surface area contributed by atoms with Crippen LogP contribution in [-0.4, -0.2) is 33.9 Å². The van der Waals surface area contributed by atoms with Crippen LogP contribution in [0.5, 0.6) is 11.5 Å². The first-order valence-corrected chi connectivity index (χ1v) is 11.3. The van der Waals surface area contributed by atoms with E-state index in [9.17, 15) is 0 Å². The number of nitrogens with one attached hydrogen (secondary N) is 1. The number of fused-ring (bicyclic) bond motifs is 2. The maximum absolute atomic E-state index is 6.13. The summed E-state index contributed by atoms with van der Waals surface area (Å²) in [5.41, 5.74) is 5.95. The minimum atomic E-state index is 0.587. The summed E-state index contributed by atoms with van der Waals surface area (Å²) in [7, 11) is 1.97. The van der Waals surface area contributed by atoms with Crippen LogP contribution in [0.1, 0.15) is 5.56 Å². The summed E-state index contributed by atoms with van der Waals surface area (Å²) in [5, 5.41) is 5.26. The number of imidazole rings is 1. The van der Waals surface area contributed by atoms with Crippen molar-refractivity contribution in [2.75, 3.05) is 5.32 Å². The lowest BCUT2D eigenvalue weighted by atomic mass is 10.2. The first-order valence-electron chi connectivity index (χ1n) is 10.5. The molecule has 9 nitrogen and oxygen atoms in total. The number of benzene rings is 2. The Labute approximate surface area is 198 Å². The second-order valence-corrected chi connectivity index (χ2v) is 8.43. The van der Waals surface area contributed by atoms with Gasteiger partial charge in [-0.25, -0.2) is 29.3 Å². The SMILES string of the molecule is Cc1cc(Nc2ncnc3cnc(-c4cnsc4)nc23)ccc1Oc1ccc2c(c1)ncn2C. The molecule has 0 saturated heterocycles. The van der Waals surface area contributed by atoms with Crippen molar-refractivity contribution in [2.45, 2.75) is 6.92 Å². The van der Waals surface area contributed by atoms with Crippen LogP contribution < -0.4 is 10.1 Å². The van der Waals surface area contributed by atoms with Gasteiger partial charge in [-0.3, -0.25) is 0 Å². The van der Waals surface area contributed by atoms with Crippen molar-refractivity contribution in [3.05, 3.63) is 72.4 Å². The average Bonchev–Trinajstić information content (AvgIpc) is 3.51. The van der Waals surface area contributed by atoms with E-state index in [0.29, 0.717) is 22.7 Å². The van der Waals surface area contributed by atoms with Crippen LogP contribution in [0.4, 0.5) is 11.5 Å². The van der Waals surface area contributed by atoms with Crippen LogP contribution in [0.3, 0.4) is 0 Å². The standard InChI is InChI=1S/C24H18N8OS/c1-14-7-16(3-6-21(14)33-17-4-5-20-18(8-17)28-13-32(20)2)30-24-22-19(26-12-27-24)10-25-23(31-22)15-9-29-34-11-15/h3-13H,1-2H3,(H,26,27,30). The zero-order valence-corrected chi connectivity index (χ0v) is 19.1. The van der Waals surface area contributed by atoms with E-state index in [4.69, 9.17) is 4.74 Å². The van der Waals surface area contributed by atoms with Crippen LogP contribution in [0.2, 0.25) is 0 Å². The van der Waals surface area contributed by atoms with Gasteiger partial charge in [0.05, 0.1) is 29.8 Å². The monoisotopic (exact) mass is 466 g/mol. The molecule has 4 heterocycles. The van der Waals surface area contributed by atoms with Crippen LogP contribution >= 0.6 is 11.5 Å². The van der Waals surface area contributed by atoms with Crippen molar-refractivity contribution in [1.82, 2.24) is 33.9 Å². The second kappa shape index (κ2) is 8.16. The molecule has 0 unspecified atom stereocenters. The lowest BCUT2D eigenvalue weighted by molar-refractivity contribution is 0.479. The maximum atomic E-state index is 6.13. The average molecular weight is 467 g/mol. The lowest BCUT2D eigenvalue weighted by Gasteiger charge is -2.12. The molecule has 0 aliphatic carbocycles. The highest BCUT2D eigenvalue weighted by Gasteiger charge is 2.11. The van der Waals surface area contributed by atoms with Gasteiger partial charge in [-0.1, -0.05) is 0 Å². The minimum Gasteiger partial charge on any atom is -0.457 e. The lowest BCUT2D eigenvalue weighted by Crippen LogP contribution is -2.00. The van der Waals surface area contributed by atoms with Crippen LogP contribution in [0.25, 0.3) is 33.5 Å². The van der Waals surface area contributed by atoms with Crippen molar-refractivity contribution >= 4 is 45.1 Å². The first-order chi connectivity index (χ1) is 16.6. The van der Waals surface area contributed by atoms with E-state index < -0.39 is 0 Å². The Kier molecular flexibility index (Phi) is 4.84. The van der Waals surface area contributed by atoms with Crippen LogP contribution in [-0.2, 0) is 7.05 Å². The zero-order valence-electron chi connectivity index (χ0n) is 18.3. The molecule has 0 amide bonds. The van der Waals surface area contributed by atoms with E-state index in [1.54, 1.807) is 18.7 Å². The summed E-state index contributed by atoms with van der Waals surface area (Å²) < 4.78 is 12.2. The normalized spacial score (nSPS) is 11.2. The number of hydrogen-bond acceptors (Lipinski definition) is 9. The highest BCUT2D eigenvalue weighted by atomic mass is 32.1. The molecule has 34 heavy (non-hydrogen) atoms. The molecular weight excluding hydrogens is 448 g/mol. The van der Waals surface area contributed by atoms with Gasteiger partial charge < -0.3 is 14.6 Å². The smallest absolute Gasteiger partial charge is 0.162 e. The fraction of sp³-hybridized carbons (Fsp3) is 0.0833. The number of rotatable bonds is 5. The van der Waals surface area contributed by atoms with Crippen molar-refractivity contribution in [1.29, 1.82) is 0 Å². The molecule has 0 aliphatic rings. The van der Waals surface area contributed by atoms with Gasteiger partial charge in [0, 0.05) is 29.7 Å². The van der Waals surface area contributed by atoms with Gasteiger partial charge in [0.2, 0.25) is 0 Å². The number of hydrogen-bond donors (Lipinski definition) is 1. The first kappa shape index (κ1) is 20.2. The molecular formula is C24H18N8OS. The Morgan fingerprint density at radius 2 is 1.91 bits per heavy atom. The number of nitrogens with zero attached hydrogens (tertiary/aromatic N) is 7. The summed E-state index contributed by atoms with van der Waals surface area (Å²) in [6, 6.07) is 11.8. The van der Waals surface area contributed by atoms with E-state index in [1.165, 1.54) is 17.9 Å². The number of anilines is 2. The van der Waals surface area contributed by atoms with Gasteiger partial charge in [-0.15, -0.1) is 0 Å². The van der Waals surface area contributed by atoms with E-state index in [-0.39, 0.29) is 0 Å². The zero-order chi connectivity index (χ0) is 23.1. The van der Waals surface area contributed by atoms with Gasteiger partial charge in [-0.2, -0.15) is 0 Å². The van der Waals surface area contributed by atoms with Gasteiger partial charge in [0.15, 0.2) is 11.6 Å². The molecule has 166 valence electrons. The predicted molar refractivity (Wildman–Crippen MR) is 131 cm³/mol. The Hall–Kier alpha value is -4.44. The summed E-state index contributed by atoms with van der Waals surface area (Å²) >= 11 is 1.36. The van der Waals surface area contributed by atoms with E-state index in [2.05, 4.69) is 34.6 Å². The molecule has 0 spiro atoms. The minimum absolute atomic E-state index is 0.587. The molecule has 4 aromatic heterocycles. The third kappa shape index (κ3) is 3.69. The molecule has 0 bridgehead atoms. The van der Waals surface area contributed by atoms with Crippen molar-refractivity contribution in [2.24, 2.45) is 7.05 Å². The molecule has 0 aliphatic heterocycles. The van der Waals surface area contributed by atoms with Gasteiger partial charge in [0.25, 0.3) is 0 Å². The van der Waals surface area contributed by atoms with Gasteiger partial charge in [-0.05, 0) is 54.4 Å². The number of ether oxygens (including phenoxy) is 1. The highest BCUT2D eigenvalue weighted by molar-refractivity contribution is 7.03. The fourth-order valence-electron chi connectivity index (χ4n) is 3.68. The molecule has 10 heteroatoms. The van der Waals surface area contributed by atoms with E-state index in [1.807, 2.05) is 60.3 Å². The van der Waals surface area contributed by atoms with Crippen molar-refractivity contribution in [3.63, 3.8) is 0 Å². The maximum Gasteiger partial charge on any atom is 0.162 e. The molecule has 0 saturated carbocycles. The van der Waals surface area contributed by atoms with Gasteiger partial charge in [0.1, 0.15) is 28.9 Å². The number of aromatic nitrogens is 7. The Balaban J connectivity index is 1.28. The summed E-state index contributed by atoms with van der Waals surface area (Å²) in [6.45, 7) is 2.00. The largest absolute Gasteiger partial charge is 0.457 e. The Morgan fingerprint density at radius 3 is 2.76 bits per heavy atom. The summed E-state index contributed by atoms with van der Waals surface area (Å²) in [4.78, 5) is 22.2. The number of aryl methyl sites for hydroxylation is 2. The molecule has 0 fully saturated rings. The van der Waals surface area contributed by atoms with Crippen molar-refractivity contribution < 1.29 is 4.74 Å². The van der Waals surface area contributed by atoms with E-state index >= 15 is 0 Å². The molecule has 0 atom stereocenters. The van der Waals surface area contributed by atoms with Crippen LogP contribution in [0, 0.1) is 6.92 Å². The molecule has 6 rings (SSSR count). The molecule has 1 N–H and O–H groups in total. The van der Waals surface area contributed by atoms with E-state index in [0.717, 1.165) is 39.3 Å². The molecule has 2 aromatic carbocycles. The molecule has 0 radical (unpaired) electrons. The summed E-state index contributed by atoms with van der Waals surface area (Å²) in [5.74, 6) is 2.70. The summed E-state index contributed by atoms with van der Waals surface area (Å²) in [6.07, 6.45) is 6.74. The highest BCUT2D eigenvalue weighted by Crippen LogP contribution is 2.31. The topological polar surface area (TPSA) is 104 Å². The third-order valence-corrected chi connectivity index (χ3v) is 6.02. The Bertz CT molecular complexity index is 1640. The fourth-order valence-corrected chi connectivity index (χ4v) is 4.20. The third-order valence-electron chi connectivity index (χ3n) is 5.43. The molecule has 6 aromatic rings. The predicted octanol–water partition coefficient (Wildman–Crippen LogP) is 5.27. The van der Waals surface area contributed by atoms with Crippen molar-refractivity contribution in [3.8, 4) is 22.9 Å². The van der Waals surface area contributed by atoms with Gasteiger partial charge >= 0.3 is 0 Å². The second-order valence-electron chi connectivity index (χ2n) is 7.78. The Morgan fingerprint density at radius 1 is 0.971 bits per heavy atom. The quantitative estimate of drug-likeness (QED) is 0.366. The van der Waals surface area contributed by atoms with Crippen LogP contribution in [0.15, 0.2) is 66.8 Å².